The smallest absolute Gasteiger partial charge is 0.475 e. The summed E-state index contributed by atoms with van der Waals surface area (Å²) in [5.41, 5.74) is -0.502. The van der Waals surface area contributed by atoms with Gasteiger partial charge in [0.2, 0.25) is 5.82 Å². The van der Waals surface area contributed by atoms with E-state index < -0.39 is 54.9 Å². The number of hydrogen-bond acceptors (Lipinski definition) is 8. The topological polar surface area (TPSA) is 160 Å². The minimum absolute atomic E-state index is 0.0708. The number of amides is 1. The molecule has 4 aromatic rings. The van der Waals surface area contributed by atoms with Crippen LogP contribution < -0.4 is 11.0 Å². The van der Waals surface area contributed by atoms with Crippen LogP contribution in [0.4, 0.5) is 30.7 Å². The van der Waals surface area contributed by atoms with Gasteiger partial charge in [0.05, 0.1) is 12.2 Å². The number of aromatic nitrogens is 6. The molecule has 1 saturated heterocycles. The van der Waals surface area contributed by atoms with E-state index in [9.17, 15) is 45.4 Å². The first-order valence-corrected chi connectivity index (χ1v) is 14.0. The molecule has 3 N–H and O–H groups in total. The van der Waals surface area contributed by atoms with Crippen LogP contribution in [0.25, 0.3) is 17.1 Å². The lowest BCUT2D eigenvalue weighted by Crippen LogP contribution is -2.47. The van der Waals surface area contributed by atoms with Gasteiger partial charge in [-0.3, -0.25) is 9.36 Å². The number of nitrogens with zero attached hydrogens (tertiary/aromatic N) is 7. The van der Waals surface area contributed by atoms with Gasteiger partial charge in [0.25, 0.3) is 5.91 Å². The van der Waals surface area contributed by atoms with Gasteiger partial charge in [-0.1, -0.05) is 17.7 Å². The van der Waals surface area contributed by atoms with Crippen molar-refractivity contribution in [2.24, 2.45) is 0 Å². The molecule has 3 heterocycles. The second-order valence-electron chi connectivity index (χ2n) is 10.0. The lowest BCUT2D eigenvalue weighted by Gasteiger charge is -2.26. The number of aliphatic carboxylic acids is 1. The number of benzene rings is 2. The van der Waals surface area contributed by atoms with Crippen LogP contribution in [0.5, 0.6) is 0 Å². The van der Waals surface area contributed by atoms with Crippen molar-refractivity contribution < 1.29 is 50.5 Å². The van der Waals surface area contributed by atoms with Crippen LogP contribution in [0.2, 0.25) is 5.02 Å². The van der Waals surface area contributed by atoms with Crippen LogP contribution in [-0.4, -0.2) is 101 Å². The van der Waals surface area contributed by atoms with Gasteiger partial charge in [-0.05, 0) is 42.5 Å². The molecule has 0 spiro atoms. The maximum absolute atomic E-state index is 14.0. The summed E-state index contributed by atoms with van der Waals surface area (Å²) in [5, 5.41) is 28.8. The third-order valence-electron chi connectivity index (χ3n) is 6.59. The molecule has 13 nitrogen and oxygen atoms in total. The standard InChI is InChI=1S/C25H23ClF4N8O3.C2HF3O2/c26-16-6-4-15(5-7-16)21-34-37(24(41)36(21)13-19(39)25(28,29)30)14-20-32-22(23(40)35-10-8-31-9-11-35)38(33-20)18-3-1-2-17(27)12-18;3-2(4,5)1(6)7/h1-7,12,19,31,39H,8-11,13-14H2;(H,6,7)/t19-;/m0./s1. The summed E-state index contributed by atoms with van der Waals surface area (Å²) in [7, 11) is 0. The molecule has 21 heteroatoms. The SMILES string of the molecule is O=C(O)C(F)(F)F.O=C(c1nc(Cn2nc(-c3ccc(Cl)cc3)n(C[C@H](O)C(F)(F)F)c2=O)nn1-c1cccc(F)c1)N1CCNCC1. The summed E-state index contributed by atoms with van der Waals surface area (Å²) in [5.74, 6) is -4.17. The lowest BCUT2D eigenvalue weighted by atomic mass is 10.2. The summed E-state index contributed by atoms with van der Waals surface area (Å²) >= 11 is 5.93. The molecule has 1 aliphatic rings. The van der Waals surface area contributed by atoms with Gasteiger partial charge in [0, 0.05) is 36.8 Å². The molecule has 0 bridgehead atoms. The van der Waals surface area contributed by atoms with Crippen LogP contribution in [0.15, 0.2) is 53.3 Å². The molecule has 258 valence electrons. The number of aliphatic hydroxyl groups is 1. The van der Waals surface area contributed by atoms with E-state index in [0.717, 1.165) is 15.4 Å². The molecule has 2 aromatic heterocycles. The number of piperazine rings is 1. The Bertz CT molecular complexity index is 1820. The number of aliphatic hydroxyl groups excluding tert-OH is 1. The Labute approximate surface area is 269 Å². The average molecular weight is 709 g/mol. The minimum atomic E-state index is -5.08. The van der Waals surface area contributed by atoms with Crippen molar-refractivity contribution in [2.45, 2.75) is 31.5 Å². The van der Waals surface area contributed by atoms with Crippen LogP contribution in [0.1, 0.15) is 16.4 Å². The summed E-state index contributed by atoms with van der Waals surface area (Å²) in [6.45, 7) is 0.393. The molecule has 5 rings (SSSR count). The van der Waals surface area contributed by atoms with Crippen LogP contribution in [0.3, 0.4) is 0 Å². The van der Waals surface area contributed by atoms with Crippen molar-refractivity contribution in [1.29, 1.82) is 0 Å². The Kier molecular flexibility index (Phi) is 10.9. The molecule has 2 aromatic carbocycles. The molecular weight excluding hydrogens is 685 g/mol. The highest BCUT2D eigenvalue weighted by atomic mass is 35.5. The summed E-state index contributed by atoms with van der Waals surface area (Å²) < 4.78 is 88.0. The minimum Gasteiger partial charge on any atom is -0.475 e. The van der Waals surface area contributed by atoms with Crippen molar-refractivity contribution >= 4 is 23.5 Å². The zero-order valence-electron chi connectivity index (χ0n) is 24.2. The molecular formula is C27H24ClF7N8O5. The van der Waals surface area contributed by atoms with Gasteiger partial charge in [0.15, 0.2) is 17.8 Å². The van der Waals surface area contributed by atoms with Crippen molar-refractivity contribution in [3.63, 3.8) is 0 Å². The highest BCUT2D eigenvalue weighted by Crippen LogP contribution is 2.24. The largest absolute Gasteiger partial charge is 0.490 e. The highest BCUT2D eigenvalue weighted by Gasteiger charge is 2.40. The number of carboxylic acids is 1. The highest BCUT2D eigenvalue weighted by molar-refractivity contribution is 6.30. The first kappa shape index (κ1) is 36.0. The van der Waals surface area contributed by atoms with Crippen LogP contribution >= 0.6 is 11.6 Å². The van der Waals surface area contributed by atoms with E-state index in [0.29, 0.717) is 35.8 Å². The first-order chi connectivity index (χ1) is 22.5. The number of carboxylic acid groups (broad SMARTS) is 1. The number of carbonyl (C=O) groups is 2. The number of nitrogens with one attached hydrogen (secondary N) is 1. The maximum atomic E-state index is 14.0. The van der Waals surface area contributed by atoms with Crippen molar-refractivity contribution in [3.05, 3.63) is 81.5 Å². The number of carbonyl (C=O) groups excluding carboxylic acids is 1. The second kappa shape index (κ2) is 14.5. The zero-order valence-corrected chi connectivity index (χ0v) is 25.0. The lowest BCUT2D eigenvalue weighted by molar-refractivity contribution is -0.207. The zero-order chi connectivity index (χ0) is 35.4. The van der Waals surface area contributed by atoms with Crippen molar-refractivity contribution in [3.8, 4) is 17.1 Å². The summed E-state index contributed by atoms with van der Waals surface area (Å²) in [6, 6.07) is 11.2. The van der Waals surface area contributed by atoms with E-state index in [1.165, 1.54) is 42.5 Å². The normalized spacial score (nSPS) is 14.3. The Morgan fingerprint density at radius 2 is 1.62 bits per heavy atom. The molecule has 1 amide bonds. The average Bonchev–Trinajstić information content (AvgIpc) is 3.58. The first-order valence-electron chi connectivity index (χ1n) is 13.7. The fourth-order valence-corrected chi connectivity index (χ4v) is 4.41. The fourth-order valence-electron chi connectivity index (χ4n) is 4.29. The fraction of sp³-hybridized carbons (Fsp3) is 0.333. The van der Waals surface area contributed by atoms with Crippen molar-refractivity contribution in [1.82, 2.24) is 39.3 Å². The quantitative estimate of drug-likeness (QED) is 0.246. The van der Waals surface area contributed by atoms with E-state index in [1.54, 1.807) is 4.90 Å². The number of alkyl halides is 6. The van der Waals surface area contributed by atoms with Gasteiger partial charge in [-0.2, -0.15) is 26.3 Å². The Morgan fingerprint density at radius 3 is 2.19 bits per heavy atom. The molecule has 0 saturated carbocycles. The number of hydrogen-bond donors (Lipinski definition) is 3. The predicted molar refractivity (Wildman–Crippen MR) is 152 cm³/mol. The Balaban J connectivity index is 0.000000671. The molecule has 1 fully saturated rings. The third kappa shape index (κ3) is 8.75. The van der Waals surface area contributed by atoms with Crippen LogP contribution in [0, 0.1) is 5.82 Å². The Hall–Kier alpha value is -4.82. The maximum Gasteiger partial charge on any atom is 0.490 e. The number of halogens is 8. The monoisotopic (exact) mass is 708 g/mol. The molecule has 1 atom stereocenters. The van der Waals surface area contributed by atoms with Gasteiger partial charge in [-0.25, -0.2) is 28.3 Å². The Morgan fingerprint density at radius 1 is 1.00 bits per heavy atom. The van der Waals surface area contributed by atoms with E-state index in [-0.39, 0.29) is 28.7 Å². The van der Waals surface area contributed by atoms with Gasteiger partial charge < -0.3 is 20.4 Å². The van der Waals surface area contributed by atoms with E-state index in [1.807, 2.05) is 0 Å². The van der Waals surface area contributed by atoms with E-state index in [4.69, 9.17) is 21.5 Å². The molecule has 1 aliphatic heterocycles. The summed E-state index contributed by atoms with van der Waals surface area (Å²) in [6.07, 6.45) is -12.9. The number of rotatable bonds is 7. The van der Waals surface area contributed by atoms with Gasteiger partial charge in [0.1, 0.15) is 12.4 Å². The predicted octanol–water partition coefficient (Wildman–Crippen LogP) is 2.74. The molecule has 0 aliphatic carbocycles. The molecule has 48 heavy (non-hydrogen) atoms. The molecule has 0 radical (unpaired) electrons. The van der Waals surface area contributed by atoms with E-state index in [2.05, 4.69) is 20.5 Å². The second-order valence-corrected chi connectivity index (χ2v) is 10.5. The van der Waals surface area contributed by atoms with Gasteiger partial charge >= 0.3 is 24.0 Å². The molecule has 0 unspecified atom stereocenters. The third-order valence-corrected chi connectivity index (χ3v) is 6.84. The van der Waals surface area contributed by atoms with Crippen LogP contribution in [-0.2, 0) is 17.9 Å². The van der Waals surface area contributed by atoms with Gasteiger partial charge in [-0.15, -0.1) is 10.2 Å². The van der Waals surface area contributed by atoms with E-state index >= 15 is 0 Å². The van der Waals surface area contributed by atoms with Crippen molar-refractivity contribution in [2.75, 3.05) is 26.2 Å². The summed E-state index contributed by atoms with van der Waals surface area (Å²) in [4.78, 5) is 41.4.